The van der Waals surface area contributed by atoms with Gasteiger partial charge in [0, 0.05) is 61.1 Å². The van der Waals surface area contributed by atoms with E-state index in [1.54, 1.807) is 19.6 Å². The molecule has 2 aromatic rings. The quantitative estimate of drug-likeness (QED) is 0.298. The van der Waals surface area contributed by atoms with E-state index in [1.165, 1.54) is 0 Å². The SMILES string of the molecule is C[C@H]1[C@H]([Si](C)(C)O)[C@@H](CC(=O)N2CCC[C@H]2CO)O[C@]12C(=O)N(Cc1cccc(N3CCNCC3=O)c1)c1ccc(N3CCNCC3=O)cc12. The van der Waals surface area contributed by atoms with Gasteiger partial charge in [0.1, 0.15) is 0 Å². The van der Waals surface area contributed by atoms with Gasteiger partial charge in [-0.1, -0.05) is 19.1 Å². The van der Waals surface area contributed by atoms with E-state index < -0.39 is 31.5 Å². The molecule has 4 amide bonds. The van der Waals surface area contributed by atoms with Crippen LogP contribution in [0.2, 0.25) is 18.6 Å². The van der Waals surface area contributed by atoms with Crippen LogP contribution in [0.5, 0.6) is 0 Å². The van der Waals surface area contributed by atoms with Gasteiger partial charge in [-0.05, 0) is 61.8 Å². The lowest BCUT2D eigenvalue weighted by molar-refractivity contribution is -0.150. The van der Waals surface area contributed by atoms with Crippen molar-refractivity contribution in [3.63, 3.8) is 0 Å². The predicted octanol–water partition coefficient (Wildman–Crippen LogP) is 1.28. The van der Waals surface area contributed by atoms with Crippen molar-refractivity contribution in [2.75, 3.05) is 67.1 Å². The molecular weight excluding hydrogens is 657 g/mol. The van der Waals surface area contributed by atoms with Crippen LogP contribution in [-0.2, 0) is 36.1 Å². The minimum absolute atomic E-state index is 0.0103. The van der Waals surface area contributed by atoms with Crippen molar-refractivity contribution in [1.29, 1.82) is 0 Å². The summed E-state index contributed by atoms with van der Waals surface area (Å²) in [5.74, 6) is -1.00. The maximum absolute atomic E-state index is 15.1. The molecule has 5 aliphatic rings. The number of nitrogens with one attached hydrogen (secondary N) is 2. The lowest BCUT2D eigenvalue weighted by Gasteiger charge is -2.33. The van der Waals surface area contributed by atoms with Gasteiger partial charge in [-0.25, -0.2) is 0 Å². The van der Waals surface area contributed by atoms with Gasteiger partial charge in [-0.2, -0.15) is 0 Å². The number of aliphatic hydroxyl groups is 1. The highest BCUT2D eigenvalue weighted by molar-refractivity contribution is 6.71. The largest absolute Gasteiger partial charge is 0.432 e. The zero-order valence-electron chi connectivity index (χ0n) is 29.1. The number of fused-ring (bicyclic) bond motifs is 2. The Morgan fingerprint density at radius 2 is 1.66 bits per heavy atom. The summed E-state index contributed by atoms with van der Waals surface area (Å²) >= 11 is 0. The standard InChI is InChI=1S/C36H48N6O7Si/c1-23-34(50(2,3)48)30(18-31(44)39-13-5-8-27(39)22-43)49-36(23)28-17-26(41-15-12-38-20-33(41)46)9-10-29(28)42(35(36)47)21-24-6-4-7-25(16-24)40-14-11-37-19-32(40)45/h4,6-7,9-10,16-17,23,27,30,34,37-38,43,48H,5,8,11-15,18-22H2,1-3H3/t23-,27-,30+,34-,36+/m0/s1. The molecule has 7 rings (SSSR count). The minimum Gasteiger partial charge on any atom is -0.432 e. The van der Waals surface area contributed by atoms with Crippen molar-refractivity contribution < 1.29 is 33.8 Å². The van der Waals surface area contributed by atoms with Crippen LogP contribution < -0.4 is 25.3 Å². The molecule has 5 atom stereocenters. The number of aliphatic hydroxyl groups excluding tert-OH is 1. The summed E-state index contributed by atoms with van der Waals surface area (Å²) in [6.07, 6.45) is 0.803. The van der Waals surface area contributed by atoms with Crippen molar-refractivity contribution in [2.45, 2.75) is 69.1 Å². The molecule has 13 nitrogen and oxygen atoms in total. The summed E-state index contributed by atoms with van der Waals surface area (Å²) in [7, 11) is -3.04. The Morgan fingerprint density at radius 3 is 2.30 bits per heavy atom. The molecule has 50 heavy (non-hydrogen) atoms. The van der Waals surface area contributed by atoms with Gasteiger partial charge < -0.3 is 44.9 Å². The van der Waals surface area contributed by atoms with Crippen molar-refractivity contribution in [1.82, 2.24) is 15.5 Å². The van der Waals surface area contributed by atoms with E-state index in [1.807, 2.05) is 62.5 Å². The van der Waals surface area contributed by atoms with Gasteiger partial charge >= 0.3 is 0 Å². The van der Waals surface area contributed by atoms with Gasteiger partial charge in [0.05, 0.1) is 50.5 Å². The Labute approximate surface area is 293 Å². The number of hydrogen-bond donors (Lipinski definition) is 4. The summed E-state index contributed by atoms with van der Waals surface area (Å²) in [6.45, 7) is 9.10. The first-order valence-corrected chi connectivity index (χ1v) is 20.8. The molecule has 0 saturated carbocycles. The molecular formula is C36H48N6O7Si. The second kappa shape index (κ2) is 13.5. The lowest BCUT2D eigenvalue weighted by Crippen LogP contribution is -2.48. The van der Waals surface area contributed by atoms with E-state index in [0.717, 1.165) is 24.1 Å². The highest BCUT2D eigenvalue weighted by Crippen LogP contribution is 2.60. The van der Waals surface area contributed by atoms with Gasteiger partial charge in [0.25, 0.3) is 5.91 Å². The van der Waals surface area contributed by atoms with Crippen LogP contribution in [-0.4, -0.2) is 111 Å². The molecule has 0 aliphatic carbocycles. The van der Waals surface area contributed by atoms with E-state index in [9.17, 15) is 24.3 Å². The molecule has 0 bridgehead atoms. The Bertz CT molecular complexity index is 1680. The van der Waals surface area contributed by atoms with Crippen LogP contribution in [0.25, 0.3) is 0 Å². The summed E-state index contributed by atoms with van der Waals surface area (Å²) in [5.41, 5.74) is 1.59. The Kier molecular flexibility index (Phi) is 9.37. The second-order valence-electron chi connectivity index (χ2n) is 14.8. The fraction of sp³-hybridized carbons (Fsp3) is 0.556. The molecule has 4 N–H and O–H groups in total. The monoisotopic (exact) mass is 704 g/mol. The summed E-state index contributed by atoms with van der Waals surface area (Å²) in [5, 5.41) is 16.1. The summed E-state index contributed by atoms with van der Waals surface area (Å²) < 4.78 is 6.97. The third-order valence-corrected chi connectivity index (χ3v) is 13.8. The molecule has 0 unspecified atom stereocenters. The van der Waals surface area contributed by atoms with E-state index in [4.69, 9.17) is 4.74 Å². The van der Waals surface area contributed by atoms with Gasteiger partial charge in [-0.15, -0.1) is 0 Å². The van der Waals surface area contributed by atoms with Crippen LogP contribution in [0.3, 0.4) is 0 Å². The number of ether oxygens (including phenoxy) is 1. The number of benzene rings is 2. The number of nitrogens with zero attached hydrogens (tertiary/aromatic N) is 4. The molecule has 1 spiro atoms. The number of likely N-dealkylation sites (tertiary alicyclic amines) is 1. The molecule has 4 saturated heterocycles. The number of hydrogen-bond acceptors (Lipinski definition) is 9. The van der Waals surface area contributed by atoms with Gasteiger partial charge in [0.15, 0.2) is 13.9 Å². The Hall–Kier alpha value is -3.66. The van der Waals surface area contributed by atoms with Crippen LogP contribution in [0.15, 0.2) is 42.5 Å². The third kappa shape index (κ3) is 5.95. The smallest absolute Gasteiger partial charge is 0.264 e. The fourth-order valence-corrected chi connectivity index (χ4v) is 11.6. The number of carbonyl (C=O) groups excluding carboxylic acids is 4. The van der Waals surface area contributed by atoms with Gasteiger partial charge in [-0.3, -0.25) is 19.2 Å². The highest BCUT2D eigenvalue weighted by Gasteiger charge is 2.66. The molecule has 4 fully saturated rings. The predicted molar refractivity (Wildman–Crippen MR) is 190 cm³/mol. The molecule has 0 aromatic heterocycles. The fourth-order valence-electron chi connectivity index (χ4n) is 9.00. The summed E-state index contributed by atoms with van der Waals surface area (Å²) in [6, 6.07) is 13.0. The Balaban J connectivity index is 1.28. The van der Waals surface area contributed by atoms with Crippen molar-refractivity contribution in [3.05, 3.63) is 53.6 Å². The topological polar surface area (TPSA) is 155 Å². The highest BCUT2D eigenvalue weighted by atomic mass is 28.4. The van der Waals surface area contributed by atoms with Gasteiger partial charge in [0.2, 0.25) is 17.7 Å². The molecule has 0 radical (unpaired) electrons. The normalized spacial score (nSPS) is 28.7. The first-order valence-electron chi connectivity index (χ1n) is 17.8. The van der Waals surface area contributed by atoms with Crippen LogP contribution in [0, 0.1) is 5.92 Å². The van der Waals surface area contributed by atoms with Crippen LogP contribution >= 0.6 is 0 Å². The van der Waals surface area contributed by atoms with Crippen molar-refractivity contribution in [2.24, 2.45) is 5.92 Å². The number of amides is 4. The average Bonchev–Trinajstić information content (AvgIpc) is 3.75. The van der Waals surface area contributed by atoms with E-state index in [0.29, 0.717) is 49.7 Å². The summed E-state index contributed by atoms with van der Waals surface area (Å²) in [4.78, 5) is 73.2. The number of rotatable bonds is 8. The zero-order chi connectivity index (χ0) is 35.4. The first kappa shape index (κ1) is 34.8. The maximum atomic E-state index is 15.1. The van der Waals surface area contributed by atoms with E-state index in [-0.39, 0.29) is 62.3 Å². The van der Waals surface area contributed by atoms with E-state index >= 15 is 4.79 Å². The number of piperazine rings is 2. The van der Waals surface area contributed by atoms with Crippen molar-refractivity contribution in [3.8, 4) is 0 Å². The minimum atomic E-state index is -3.04. The van der Waals surface area contributed by atoms with Crippen molar-refractivity contribution >= 4 is 49.0 Å². The van der Waals surface area contributed by atoms with Crippen LogP contribution in [0.4, 0.5) is 17.1 Å². The zero-order valence-corrected chi connectivity index (χ0v) is 30.1. The average molecular weight is 705 g/mol. The molecule has 268 valence electrons. The number of carbonyl (C=O) groups is 4. The molecule has 5 heterocycles. The maximum Gasteiger partial charge on any atom is 0.264 e. The third-order valence-electron chi connectivity index (χ3n) is 11.3. The van der Waals surface area contributed by atoms with E-state index in [2.05, 4.69) is 10.6 Å². The molecule has 2 aromatic carbocycles. The van der Waals surface area contributed by atoms with Crippen LogP contribution in [0.1, 0.15) is 37.3 Å². The first-order chi connectivity index (χ1) is 23.9. The second-order valence-corrected chi connectivity index (χ2v) is 18.8. The molecule has 14 heteroatoms. The Morgan fingerprint density at radius 1 is 0.980 bits per heavy atom. The lowest BCUT2D eigenvalue weighted by atomic mass is 9.82. The molecule has 5 aliphatic heterocycles. The number of anilines is 3.